The molecule has 0 aliphatic carbocycles. The van der Waals surface area contributed by atoms with E-state index < -0.39 is 16.1 Å². The van der Waals surface area contributed by atoms with Crippen LogP contribution < -0.4 is 4.72 Å². The molecule has 0 radical (unpaired) electrons. The lowest BCUT2D eigenvalue weighted by atomic mass is 10.1. The minimum atomic E-state index is -3.67. The van der Waals surface area contributed by atoms with Gasteiger partial charge in [0, 0.05) is 6.54 Å². The Bertz CT molecular complexity index is 668. The van der Waals surface area contributed by atoms with Gasteiger partial charge < -0.3 is 5.11 Å². The van der Waals surface area contributed by atoms with Crippen molar-refractivity contribution in [3.63, 3.8) is 0 Å². The molecule has 20 heavy (non-hydrogen) atoms. The second-order valence-electron chi connectivity index (χ2n) is 3.97. The van der Waals surface area contributed by atoms with Crippen LogP contribution in [-0.2, 0) is 10.0 Å². The summed E-state index contributed by atoms with van der Waals surface area (Å²) in [5.41, 5.74) is 0.653. The van der Waals surface area contributed by atoms with Crippen molar-refractivity contribution in [1.29, 1.82) is 0 Å². The van der Waals surface area contributed by atoms with Crippen molar-refractivity contribution in [3.8, 4) is 0 Å². The van der Waals surface area contributed by atoms with Crippen LogP contribution in [-0.4, -0.2) is 20.1 Å². The molecule has 0 aliphatic rings. The molecule has 1 atom stereocenters. The molecule has 0 bridgehead atoms. The van der Waals surface area contributed by atoms with E-state index in [1.54, 1.807) is 24.3 Å². The van der Waals surface area contributed by atoms with Gasteiger partial charge in [-0.15, -0.1) is 11.3 Å². The molecule has 0 saturated heterocycles. The van der Waals surface area contributed by atoms with E-state index in [9.17, 15) is 13.5 Å². The Labute approximate surface area is 134 Å². The highest BCUT2D eigenvalue weighted by Gasteiger charge is 2.20. The third kappa shape index (κ3) is 3.81. The van der Waals surface area contributed by atoms with E-state index in [0.717, 1.165) is 11.3 Å². The van der Waals surface area contributed by atoms with Crippen LogP contribution in [0.25, 0.3) is 0 Å². The van der Waals surface area contributed by atoms with Gasteiger partial charge in [-0.2, -0.15) is 0 Å². The number of aliphatic hydroxyl groups excluding tert-OH is 1. The van der Waals surface area contributed by atoms with Crippen LogP contribution in [0.4, 0.5) is 0 Å². The zero-order valence-electron chi connectivity index (χ0n) is 10.1. The SMILES string of the molecule is O=S(=O)(NCC(O)c1ccccc1)c1cc(Cl)c(Br)s1. The van der Waals surface area contributed by atoms with E-state index in [1.165, 1.54) is 6.07 Å². The van der Waals surface area contributed by atoms with Crippen molar-refractivity contribution in [1.82, 2.24) is 4.72 Å². The first-order chi connectivity index (χ1) is 9.40. The fourth-order valence-electron chi connectivity index (χ4n) is 1.51. The molecular weight excluding hydrogens is 386 g/mol. The number of aliphatic hydroxyl groups is 1. The summed E-state index contributed by atoms with van der Waals surface area (Å²) in [6.45, 7) is -0.0977. The highest BCUT2D eigenvalue weighted by atomic mass is 79.9. The van der Waals surface area contributed by atoms with Crippen molar-refractivity contribution < 1.29 is 13.5 Å². The summed E-state index contributed by atoms with van der Waals surface area (Å²) < 4.78 is 27.1. The summed E-state index contributed by atoms with van der Waals surface area (Å²) >= 11 is 10.0. The summed E-state index contributed by atoms with van der Waals surface area (Å²) in [7, 11) is -3.67. The van der Waals surface area contributed by atoms with Crippen LogP contribution in [0, 0.1) is 0 Å². The Kier molecular flexibility index (Phi) is 5.22. The number of thiophene rings is 1. The van der Waals surface area contributed by atoms with Gasteiger partial charge >= 0.3 is 0 Å². The van der Waals surface area contributed by atoms with Crippen LogP contribution in [0.2, 0.25) is 5.02 Å². The van der Waals surface area contributed by atoms with Gasteiger partial charge in [-0.3, -0.25) is 0 Å². The quantitative estimate of drug-likeness (QED) is 0.816. The molecule has 0 aliphatic heterocycles. The molecule has 1 heterocycles. The average Bonchev–Trinajstić information content (AvgIpc) is 2.78. The molecule has 8 heteroatoms. The summed E-state index contributed by atoms with van der Waals surface area (Å²) in [6.07, 6.45) is -0.898. The van der Waals surface area contributed by atoms with Gasteiger partial charge in [0.05, 0.1) is 14.9 Å². The standard InChI is InChI=1S/C12H11BrClNO3S2/c13-12-9(14)6-11(19-12)20(17,18)15-7-10(16)8-4-2-1-3-5-8/h1-6,10,15-16H,7H2. The van der Waals surface area contributed by atoms with E-state index >= 15 is 0 Å². The second-order valence-corrected chi connectivity index (χ2v) is 8.74. The predicted molar refractivity (Wildman–Crippen MR) is 83.6 cm³/mol. The number of nitrogens with one attached hydrogen (secondary N) is 1. The maximum absolute atomic E-state index is 12.0. The number of hydrogen-bond donors (Lipinski definition) is 2. The predicted octanol–water partition coefficient (Wildman–Crippen LogP) is 3.18. The molecule has 0 fully saturated rings. The lowest BCUT2D eigenvalue weighted by Crippen LogP contribution is -2.28. The number of halogens is 2. The van der Waals surface area contributed by atoms with Crippen molar-refractivity contribution in [2.45, 2.75) is 10.3 Å². The zero-order chi connectivity index (χ0) is 14.8. The van der Waals surface area contributed by atoms with Crippen LogP contribution in [0.15, 0.2) is 44.4 Å². The normalized spacial score (nSPS) is 13.3. The molecule has 2 rings (SSSR count). The van der Waals surface area contributed by atoms with Crippen molar-refractivity contribution in [2.24, 2.45) is 0 Å². The summed E-state index contributed by atoms with van der Waals surface area (Å²) in [5, 5.41) is 10.3. The molecular formula is C12H11BrClNO3S2. The van der Waals surface area contributed by atoms with Gasteiger partial charge in [0.15, 0.2) is 0 Å². The minimum Gasteiger partial charge on any atom is -0.387 e. The second kappa shape index (κ2) is 6.55. The van der Waals surface area contributed by atoms with Crippen molar-refractivity contribution in [3.05, 3.63) is 50.8 Å². The molecule has 4 nitrogen and oxygen atoms in total. The highest BCUT2D eigenvalue weighted by Crippen LogP contribution is 2.34. The Balaban J connectivity index is 2.06. The van der Waals surface area contributed by atoms with Gasteiger partial charge in [-0.1, -0.05) is 41.9 Å². The number of benzene rings is 1. The van der Waals surface area contributed by atoms with Crippen molar-refractivity contribution >= 4 is 48.9 Å². The maximum atomic E-state index is 12.0. The maximum Gasteiger partial charge on any atom is 0.250 e. The van der Waals surface area contributed by atoms with E-state index in [4.69, 9.17) is 11.6 Å². The largest absolute Gasteiger partial charge is 0.387 e. The Hall–Kier alpha value is -0.440. The van der Waals surface area contributed by atoms with E-state index in [-0.39, 0.29) is 10.8 Å². The molecule has 0 spiro atoms. The fourth-order valence-corrected chi connectivity index (χ4v) is 4.99. The van der Waals surface area contributed by atoms with Crippen molar-refractivity contribution in [2.75, 3.05) is 6.54 Å². The van der Waals surface area contributed by atoms with E-state index in [2.05, 4.69) is 20.7 Å². The fraction of sp³-hybridized carbons (Fsp3) is 0.167. The van der Waals surface area contributed by atoms with Gasteiger partial charge in [0.25, 0.3) is 0 Å². The molecule has 1 unspecified atom stereocenters. The number of sulfonamides is 1. The number of rotatable bonds is 5. The summed E-state index contributed by atoms with van der Waals surface area (Å²) in [5.74, 6) is 0. The van der Waals surface area contributed by atoms with Gasteiger partial charge in [0.1, 0.15) is 4.21 Å². The van der Waals surface area contributed by atoms with Crippen LogP contribution in [0.3, 0.4) is 0 Å². The zero-order valence-corrected chi connectivity index (χ0v) is 14.1. The van der Waals surface area contributed by atoms with Crippen LogP contribution in [0.1, 0.15) is 11.7 Å². The number of hydrogen-bond acceptors (Lipinski definition) is 4. The Morgan fingerprint density at radius 2 is 2.00 bits per heavy atom. The molecule has 108 valence electrons. The molecule has 1 aromatic carbocycles. The lowest BCUT2D eigenvalue weighted by molar-refractivity contribution is 0.182. The molecule has 2 N–H and O–H groups in total. The highest BCUT2D eigenvalue weighted by molar-refractivity contribution is 9.11. The third-order valence-electron chi connectivity index (χ3n) is 2.54. The smallest absolute Gasteiger partial charge is 0.250 e. The first-order valence-electron chi connectivity index (χ1n) is 5.57. The van der Waals surface area contributed by atoms with Crippen LogP contribution >= 0.6 is 38.9 Å². The van der Waals surface area contributed by atoms with Gasteiger partial charge in [-0.05, 0) is 27.6 Å². The van der Waals surface area contributed by atoms with E-state index in [1.807, 2.05) is 6.07 Å². The molecule has 1 aromatic heterocycles. The molecule has 2 aromatic rings. The van der Waals surface area contributed by atoms with Gasteiger partial charge in [-0.25, -0.2) is 13.1 Å². The first kappa shape index (κ1) is 15.9. The average molecular weight is 397 g/mol. The third-order valence-corrected chi connectivity index (χ3v) is 6.91. The van der Waals surface area contributed by atoms with Crippen LogP contribution in [0.5, 0.6) is 0 Å². The molecule has 0 saturated carbocycles. The molecule has 0 amide bonds. The Morgan fingerprint density at radius 3 is 2.55 bits per heavy atom. The monoisotopic (exact) mass is 395 g/mol. The lowest BCUT2D eigenvalue weighted by Gasteiger charge is -2.11. The Morgan fingerprint density at radius 1 is 1.35 bits per heavy atom. The topological polar surface area (TPSA) is 66.4 Å². The van der Waals surface area contributed by atoms with Gasteiger partial charge in [0.2, 0.25) is 10.0 Å². The summed E-state index contributed by atoms with van der Waals surface area (Å²) in [6, 6.07) is 10.2. The van der Waals surface area contributed by atoms with E-state index in [0.29, 0.717) is 14.4 Å². The minimum absolute atomic E-state index is 0.0977. The first-order valence-corrected chi connectivity index (χ1v) is 9.05. The summed E-state index contributed by atoms with van der Waals surface area (Å²) in [4.78, 5) is 0.